The third kappa shape index (κ3) is 3.16. The first-order valence-electron chi connectivity index (χ1n) is 3.61. The van der Waals surface area contributed by atoms with Gasteiger partial charge in [-0.25, -0.2) is 4.98 Å². The summed E-state index contributed by atoms with van der Waals surface area (Å²) in [5.41, 5.74) is 0. The zero-order chi connectivity index (χ0) is 9.68. The minimum Gasteiger partial charge on any atom is -0.257 e. The molecule has 0 bridgehead atoms. The molecule has 6 heteroatoms. The van der Waals surface area contributed by atoms with Crippen molar-refractivity contribution < 1.29 is 4.92 Å². The predicted molar refractivity (Wildman–Crippen MR) is 56.3 cm³/mol. The zero-order valence-electron chi connectivity index (χ0n) is 6.71. The number of nitrogens with zero attached hydrogens (tertiary/aromatic N) is 2. The van der Waals surface area contributed by atoms with E-state index in [2.05, 4.69) is 17.6 Å². The maximum absolute atomic E-state index is 10.3. The molecule has 1 rings (SSSR count). The molecule has 70 valence electrons. The summed E-state index contributed by atoms with van der Waals surface area (Å²) in [4.78, 5) is 13.7. The topological polar surface area (TPSA) is 56.0 Å². The molecule has 0 N–H and O–H groups in total. The van der Waals surface area contributed by atoms with Crippen LogP contribution in [0.1, 0.15) is 11.4 Å². The van der Waals surface area contributed by atoms with Crippen molar-refractivity contribution in [2.75, 3.05) is 5.75 Å². The summed E-state index contributed by atoms with van der Waals surface area (Å²) in [6.45, 7) is 0. The van der Waals surface area contributed by atoms with Gasteiger partial charge in [0.25, 0.3) is 0 Å². The van der Waals surface area contributed by atoms with Crippen LogP contribution in [0.25, 0.3) is 6.08 Å². The van der Waals surface area contributed by atoms with Crippen LogP contribution in [0.2, 0.25) is 0 Å². The average molecular weight is 216 g/mol. The van der Waals surface area contributed by atoms with E-state index in [1.54, 1.807) is 6.08 Å². The SMILES string of the molecule is O=[N+]([O-])c1cnc(C=CCCS)s1. The van der Waals surface area contributed by atoms with Gasteiger partial charge in [0.15, 0.2) is 0 Å². The van der Waals surface area contributed by atoms with E-state index in [9.17, 15) is 10.1 Å². The van der Waals surface area contributed by atoms with Gasteiger partial charge < -0.3 is 0 Å². The van der Waals surface area contributed by atoms with E-state index in [0.717, 1.165) is 23.5 Å². The fraction of sp³-hybridized carbons (Fsp3) is 0.286. The van der Waals surface area contributed by atoms with Gasteiger partial charge in [-0.1, -0.05) is 6.08 Å². The van der Waals surface area contributed by atoms with E-state index in [-0.39, 0.29) is 5.00 Å². The van der Waals surface area contributed by atoms with Crippen LogP contribution in [0.3, 0.4) is 0 Å². The van der Waals surface area contributed by atoms with Crippen molar-refractivity contribution in [3.8, 4) is 0 Å². The Balaban J connectivity index is 2.64. The van der Waals surface area contributed by atoms with Gasteiger partial charge in [-0.05, 0) is 29.6 Å². The molecule has 13 heavy (non-hydrogen) atoms. The molecule has 0 radical (unpaired) electrons. The molecule has 0 saturated carbocycles. The quantitative estimate of drug-likeness (QED) is 0.477. The number of nitro groups is 1. The van der Waals surface area contributed by atoms with Crippen LogP contribution in [0.4, 0.5) is 5.00 Å². The molecule has 0 unspecified atom stereocenters. The van der Waals surface area contributed by atoms with Gasteiger partial charge in [-0.2, -0.15) is 12.6 Å². The highest BCUT2D eigenvalue weighted by Gasteiger charge is 2.08. The van der Waals surface area contributed by atoms with Crippen molar-refractivity contribution in [2.24, 2.45) is 0 Å². The Morgan fingerprint density at radius 1 is 1.77 bits per heavy atom. The van der Waals surface area contributed by atoms with Crippen molar-refractivity contribution in [3.05, 3.63) is 27.4 Å². The summed E-state index contributed by atoms with van der Waals surface area (Å²) < 4.78 is 0. The van der Waals surface area contributed by atoms with E-state index in [1.165, 1.54) is 6.20 Å². The highest BCUT2D eigenvalue weighted by Crippen LogP contribution is 2.21. The lowest BCUT2D eigenvalue weighted by molar-refractivity contribution is -0.380. The molecule has 0 spiro atoms. The second-order valence-corrected chi connectivity index (χ2v) is 3.70. The van der Waals surface area contributed by atoms with E-state index in [4.69, 9.17) is 0 Å². The number of thiol groups is 1. The van der Waals surface area contributed by atoms with E-state index < -0.39 is 4.92 Å². The monoisotopic (exact) mass is 216 g/mol. The smallest absolute Gasteiger partial charge is 0.257 e. The Hall–Kier alpha value is -0.880. The summed E-state index contributed by atoms with van der Waals surface area (Å²) in [5, 5.41) is 11.0. The van der Waals surface area contributed by atoms with Gasteiger partial charge in [0.1, 0.15) is 11.2 Å². The lowest BCUT2D eigenvalue weighted by atomic mass is 10.4. The van der Waals surface area contributed by atoms with Crippen LogP contribution in [0, 0.1) is 10.1 Å². The minimum atomic E-state index is -0.437. The number of hydrogen-bond acceptors (Lipinski definition) is 5. The number of allylic oxidation sites excluding steroid dienone is 1. The van der Waals surface area contributed by atoms with Gasteiger partial charge in [-0.15, -0.1) is 0 Å². The van der Waals surface area contributed by atoms with Crippen molar-refractivity contribution in [1.82, 2.24) is 4.98 Å². The molecular formula is C7H8N2O2S2. The lowest BCUT2D eigenvalue weighted by Gasteiger charge is -1.82. The summed E-state index contributed by atoms with van der Waals surface area (Å²) in [6, 6.07) is 0. The molecule has 1 heterocycles. The maximum Gasteiger partial charge on any atom is 0.344 e. The number of aromatic nitrogens is 1. The fourth-order valence-electron chi connectivity index (χ4n) is 0.699. The van der Waals surface area contributed by atoms with Gasteiger partial charge in [0.05, 0.1) is 4.92 Å². The maximum atomic E-state index is 10.3. The minimum absolute atomic E-state index is 0.0746. The van der Waals surface area contributed by atoms with E-state index in [1.807, 2.05) is 6.08 Å². The predicted octanol–water partition coefficient (Wildman–Crippen LogP) is 2.38. The summed E-state index contributed by atoms with van der Waals surface area (Å²) in [5.74, 6) is 0.768. The van der Waals surface area contributed by atoms with Crippen LogP contribution >= 0.6 is 24.0 Å². The van der Waals surface area contributed by atoms with Gasteiger partial charge in [-0.3, -0.25) is 10.1 Å². The Bertz CT molecular complexity index is 322. The normalized spacial score (nSPS) is 10.8. The van der Waals surface area contributed by atoms with Crippen molar-refractivity contribution in [2.45, 2.75) is 6.42 Å². The molecule has 0 aliphatic heterocycles. The third-order valence-electron chi connectivity index (χ3n) is 1.25. The van der Waals surface area contributed by atoms with Crippen LogP contribution < -0.4 is 0 Å². The Morgan fingerprint density at radius 2 is 2.54 bits per heavy atom. The number of hydrogen-bond donors (Lipinski definition) is 1. The molecule has 1 aromatic rings. The third-order valence-corrected chi connectivity index (χ3v) is 2.42. The van der Waals surface area contributed by atoms with Crippen LogP contribution in [-0.4, -0.2) is 15.7 Å². The van der Waals surface area contributed by atoms with Crippen LogP contribution in [-0.2, 0) is 0 Å². The summed E-state index contributed by atoms with van der Waals surface area (Å²) in [7, 11) is 0. The van der Waals surface area contributed by atoms with Crippen molar-refractivity contribution >= 4 is 35.0 Å². The highest BCUT2D eigenvalue weighted by molar-refractivity contribution is 7.80. The van der Waals surface area contributed by atoms with Gasteiger partial charge in [0, 0.05) is 0 Å². The largest absolute Gasteiger partial charge is 0.344 e. The van der Waals surface area contributed by atoms with Crippen molar-refractivity contribution in [3.63, 3.8) is 0 Å². The fourth-order valence-corrected chi connectivity index (χ4v) is 1.51. The number of thiazole rings is 1. The average Bonchev–Trinajstić information content (AvgIpc) is 2.53. The zero-order valence-corrected chi connectivity index (χ0v) is 8.42. The first kappa shape index (κ1) is 10.2. The molecule has 1 aromatic heterocycles. The molecule has 4 nitrogen and oxygen atoms in total. The van der Waals surface area contributed by atoms with Crippen molar-refractivity contribution in [1.29, 1.82) is 0 Å². The van der Waals surface area contributed by atoms with Gasteiger partial charge >= 0.3 is 5.00 Å². The first-order chi connectivity index (χ1) is 6.24. The molecule has 0 aliphatic rings. The van der Waals surface area contributed by atoms with Crippen LogP contribution in [0.5, 0.6) is 0 Å². The molecule has 0 fully saturated rings. The molecule has 0 amide bonds. The van der Waals surface area contributed by atoms with Gasteiger partial charge in [0.2, 0.25) is 0 Å². The Morgan fingerprint density at radius 3 is 3.08 bits per heavy atom. The number of rotatable bonds is 4. The van der Waals surface area contributed by atoms with Crippen LogP contribution in [0.15, 0.2) is 12.3 Å². The highest BCUT2D eigenvalue weighted by atomic mass is 32.1. The van der Waals surface area contributed by atoms with E-state index >= 15 is 0 Å². The first-order valence-corrected chi connectivity index (χ1v) is 5.06. The second kappa shape index (κ2) is 4.98. The summed E-state index contributed by atoms with van der Waals surface area (Å²) >= 11 is 5.10. The molecular weight excluding hydrogens is 208 g/mol. The molecule has 0 saturated heterocycles. The standard InChI is InChI=1S/C7H8N2O2S2/c10-9(11)7-5-8-6(13-7)3-1-2-4-12/h1,3,5,12H,2,4H2. The second-order valence-electron chi connectivity index (χ2n) is 2.21. The lowest BCUT2D eigenvalue weighted by Crippen LogP contribution is -1.80. The Labute approximate surface area is 84.9 Å². The van der Waals surface area contributed by atoms with E-state index in [0.29, 0.717) is 5.01 Å². The molecule has 0 aromatic carbocycles. The Kier molecular flexibility index (Phi) is 3.91. The summed E-state index contributed by atoms with van der Waals surface area (Å²) in [6.07, 6.45) is 5.78. The molecule has 0 atom stereocenters. The molecule has 0 aliphatic carbocycles.